The molecule has 0 radical (unpaired) electrons. The lowest BCUT2D eigenvalue weighted by Gasteiger charge is -2.28. The highest BCUT2D eigenvalue weighted by atomic mass is 32.1. The van der Waals surface area contributed by atoms with Gasteiger partial charge in [-0.25, -0.2) is 0 Å². The van der Waals surface area contributed by atoms with Crippen LogP contribution in [0.15, 0.2) is 70.1 Å². The van der Waals surface area contributed by atoms with Crippen molar-refractivity contribution < 1.29 is 18.8 Å². The van der Waals surface area contributed by atoms with Crippen LogP contribution in [0.3, 0.4) is 0 Å². The minimum atomic E-state index is -0.342. The number of rotatable bonds is 6. The molecule has 2 unspecified atom stereocenters. The van der Waals surface area contributed by atoms with E-state index in [-0.39, 0.29) is 28.8 Å². The second-order valence-electron chi connectivity index (χ2n) is 11.7. The number of aromatic nitrogens is 1. The Labute approximate surface area is 252 Å². The number of hydrogen-bond acceptors (Lipinski definition) is 6. The molecule has 4 heterocycles. The summed E-state index contributed by atoms with van der Waals surface area (Å²) >= 11 is 1.51. The Morgan fingerprint density at radius 2 is 1.95 bits per heavy atom. The fourth-order valence-corrected chi connectivity index (χ4v) is 8.27. The molecule has 3 aliphatic rings. The number of anilines is 2. The SMILES string of the molecule is CCN(CC)c1ccc2oc(C(=O)Nc3ccc4[nH]c(C(=O)N5CC6CC67C5=CC(=O)c5scc(C)c57)cc4c3)cc2c1. The molecule has 2 amide bonds. The van der Waals surface area contributed by atoms with Crippen molar-refractivity contribution in [2.75, 3.05) is 29.9 Å². The van der Waals surface area contributed by atoms with E-state index in [2.05, 4.69) is 41.4 Å². The Hall–Kier alpha value is -4.63. The van der Waals surface area contributed by atoms with Crippen LogP contribution in [0.1, 0.15) is 62.1 Å². The van der Waals surface area contributed by atoms with Crippen molar-refractivity contribution in [3.8, 4) is 0 Å². The molecule has 1 saturated carbocycles. The normalized spacial score (nSPS) is 20.2. The molecule has 2 aromatic carbocycles. The minimum Gasteiger partial charge on any atom is -0.451 e. The number of likely N-dealkylation sites (tertiary alicyclic amines) is 1. The zero-order valence-corrected chi connectivity index (χ0v) is 24.9. The predicted molar refractivity (Wildman–Crippen MR) is 168 cm³/mol. The Morgan fingerprint density at radius 1 is 1.12 bits per heavy atom. The summed E-state index contributed by atoms with van der Waals surface area (Å²) in [6.07, 6.45) is 2.67. The standard InChI is InChI=1S/C34H30N4O4S/c1-4-37(5-2)23-7-9-27-20(11-23)13-28(42-27)32(40)35-22-6-8-24-19(10-22)12-25(36-24)33(41)38-16-21-15-34(21)29(38)14-26(39)31-30(34)18(3)17-43-31/h6-14,17,21,36H,4-5,15-16H2,1-3H3,(H,35,40). The first kappa shape index (κ1) is 26.0. The van der Waals surface area contributed by atoms with Crippen LogP contribution in [-0.2, 0) is 5.41 Å². The molecule has 2 fully saturated rings. The molecule has 8 nitrogen and oxygen atoms in total. The number of nitrogens with one attached hydrogen (secondary N) is 2. The molecule has 2 aliphatic carbocycles. The molecule has 2 atom stereocenters. The Bertz CT molecular complexity index is 2040. The lowest BCUT2D eigenvalue weighted by molar-refractivity contribution is 0.0806. The second-order valence-corrected chi connectivity index (χ2v) is 12.6. The van der Waals surface area contributed by atoms with Crippen molar-refractivity contribution in [2.45, 2.75) is 32.6 Å². The molecule has 43 heavy (non-hydrogen) atoms. The van der Waals surface area contributed by atoms with Gasteiger partial charge >= 0.3 is 0 Å². The molecule has 0 bridgehead atoms. The smallest absolute Gasteiger partial charge is 0.291 e. The van der Waals surface area contributed by atoms with Crippen LogP contribution in [0, 0.1) is 12.8 Å². The number of carbonyl (C=O) groups is 3. The predicted octanol–water partition coefficient (Wildman–Crippen LogP) is 6.88. The van der Waals surface area contributed by atoms with Gasteiger partial charge in [-0.05, 0) is 98.1 Å². The Kier molecular flexibility index (Phi) is 5.56. The number of benzene rings is 2. The third-order valence-corrected chi connectivity index (χ3v) is 10.5. The van der Waals surface area contributed by atoms with Crippen molar-refractivity contribution in [3.63, 3.8) is 0 Å². The quantitative estimate of drug-likeness (QED) is 0.225. The van der Waals surface area contributed by atoms with E-state index in [1.165, 1.54) is 11.3 Å². The average Bonchev–Trinajstić information content (AvgIpc) is 3.45. The number of aryl methyl sites for hydroxylation is 1. The minimum absolute atomic E-state index is 0.00936. The van der Waals surface area contributed by atoms with Crippen LogP contribution < -0.4 is 10.2 Å². The van der Waals surface area contributed by atoms with Crippen molar-refractivity contribution in [1.82, 2.24) is 9.88 Å². The van der Waals surface area contributed by atoms with Crippen molar-refractivity contribution in [2.24, 2.45) is 5.92 Å². The number of fused-ring (bicyclic) bond motifs is 3. The van der Waals surface area contributed by atoms with Gasteiger partial charge < -0.3 is 24.5 Å². The van der Waals surface area contributed by atoms with Crippen LogP contribution in [0.4, 0.5) is 11.4 Å². The van der Waals surface area contributed by atoms with Gasteiger partial charge in [-0.1, -0.05) is 0 Å². The van der Waals surface area contributed by atoms with Crippen molar-refractivity contribution in [1.29, 1.82) is 0 Å². The van der Waals surface area contributed by atoms with Gasteiger partial charge in [0, 0.05) is 64.5 Å². The molecule has 1 saturated heterocycles. The highest BCUT2D eigenvalue weighted by Crippen LogP contribution is 2.68. The summed E-state index contributed by atoms with van der Waals surface area (Å²) in [6.45, 7) is 8.69. The molecular weight excluding hydrogens is 560 g/mol. The van der Waals surface area contributed by atoms with Crippen molar-refractivity contribution in [3.05, 3.63) is 93.1 Å². The fourth-order valence-electron chi connectivity index (χ4n) is 7.22. The number of aromatic amines is 1. The first-order valence-electron chi connectivity index (χ1n) is 14.7. The Balaban J connectivity index is 1.03. The lowest BCUT2D eigenvalue weighted by atomic mass is 9.84. The summed E-state index contributed by atoms with van der Waals surface area (Å²) in [7, 11) is 0. The Morgan fingerprint density at radius 3 is 2.77 bits per heavy atom. The molecule has 9 heteroatoms. The summed E-state index contributed by atoms with van der Waals surface area (Å²) in [4.78, 5) is 47.9. The number of H-pyrrole nitrogens is 1. The van der Waals surface area contributed by atoms with Gasteiger partial charge in [0.1, 0.15) is 11.3 Å². The number of amides is 2. The second kappa shape index (κ2) is 9.18. The topological polar surface area (TPSA) is 98.7 Å². The average molecular weight is 591 g/mol. The number of nitrogens with zero attached hydrogens (tertiary/aromatic N) is 2. The van der Waals surface area contributed by atoms with Gasteiger partial charge in [0.15, 0.2) is 11.5 Å². The van der Waals surface area contributed by atoms with E-state index in [9.17, 15) is 14.4 Å². The van der Waals surface area contributed by atoms with Gasteiger partial charge in [0.2, 0.25) is 0 Å². The van der Waals surface area contributed by atoms with Gasteiger partial charge in [0.25, 0.3) is 11.8 Å². The zero-order valence-electron chi connectivity index (χ0n) is 24.1. The molecule has 1 aliphatic heterocycles. The van der Waals surface area contributed by atoms with Gasteiger partial charge in [-0.15, -0.1) is 11.3 Å². The van der Waals surface area contributed by atoms with Crippen molar-refractivity contribution >= 4 is 62.2 Å². The first-order valence-corrected chi connectivity index (χ1v) is 15.6. The van der Waals surface area contributed by atoms with E-state index in [1.54, 1.807) is 23.1 Å². The van der Waals surface area contributed by atoms with E-state index < -0.39 is 0 Å². The van der Waals surface area contributed by atoms with Crippen LogP contribution in [0.2, 0.25) is 0 Å². The van der Waals surface area contributed by atoms with Crippen LogP contribution in [-0.4, -0.2) is 47.1 Å². The first-order chi connectivity index (χ1) is 20.8. The number of hydrogen-bond donors (Lipinski definition) is 2. The third kappa shape index (κ3) is 3.77. The monoisotopic (exact) mass is 590 g/mol. The number of furan rings is 1. The number of ketones is 1. The van der Waals surface area contributed by atoms with E-state index in [0.29, 0.717) is 29.4 Å². The molecule has 5 aromatic rings. The number of piperidine rings is 1. The van der Waals surface area contributed by atoms with E-state index >= 15 is 0 Å². The lowest BCUT2D eigenvalue weighted by Crippen LogP contribution is -2.33. The van der Waals surface area contributed by atoms with E-state index in [4.69, 9.17) is 4.42 Å². The van der Waals surface area contributed by atoms with Gasteiger partial charge in [0.05, 0.1) is 4.88 Å². The number of carbonyl (C=O) groups excluding carboxylic acids is 3. The van der Waals surface area contributed by atoms with Crippen LogP contribution in [0.5, 0.6) is 0 Å². The summed E-state index contributed by atoms with van der Waals surface area (Å²) in [5.74, 6) is 0.0824. The van der Waals surface area contributed by atoms with Crippen LogP contribution in [0.25, 0.3) is 21.9 Å². The van der Waals surface area contributed by atoms with Gasteiger partial charge in [-0.2, -0.15) is 0 Å². The van der Waals surface area contributed by atoms with Crippen LogP contribution >= 0.6 is 11.3 Å². The maximum absolute atomic E-state index is 13.8. The molecule has 3 aromatic heterocycles. The highest BCUT2D eigenvalue weighted by molar-refractivity contribution is 7.12. The summed E-state index contributed by atoms with van der Waals surface area (Å²) in [5, 5.41) is 6.67. The summed E-state index contributed by atoms with van der Waals surface area (Å²) in [6, 6.07) is 15.0. The number of allylic oxidation sites excluding steroid dienone is 2. The third-order valence-electron chi connectivity index (χ3n) is 9.38. The van der Waals surface area contributed by atoms with E-state index in [1.807, 2.05) is 36.4 Å². The van der Waals surface area contributed by atoms with E-state index in [0.717, 1.165) is 63.2 Å². The zero-order chi connectivity index (χ0) is 29.6. The maximum atomic E-state index is 13.8. The van der Waals surface area contributed by atoms with Gasteiger partial charge in [-0.3, -0.25) is 14.4 Å². The fraction of sp³-hybridized carbons (Fsp3) is 0.265. The molecular formula is C34H30N4O4S. The number of thiophene rings is 1. The molecule has 2 N–H and O–H groups in total. The highest BCUT2D eigenvalue weighted by Gasteiger charge is 2.68. The summed E-state index contributed by atoms with van der Waals surface area (Å²) in [5.41, 5.74) is 6.50. The molecule has 1 spiro atoms. The maximum Gasteiger partial charge on any atom is 0.291 e. The summed E-state index contributed by atoms with van der Waals surface area (Å²) < 4.78 is 5.86. The molecule has 8 rings (SSSR count). The largest absolute Gasteiger partial charge is 0.451 e. The molecule has 216 valence electrons.